The zero-order chi connectivity index (χ0) is 12.4. The van der Waals surface area contributed by atoms with E-state index in [1.165, 1.54) is 6.07 Å². The Bertz CT molecular complexity index is 551. The first-order valence-electron chi connectivity index (χ1n) is 4.95. The number of hydrogen-bond acceptors (Lipinski definition) is 4. The number of hydrogen-bond donors (Lipinski definition) is 0. The Morgan fingerprint density at radius 3 is 2.76 bits per heavy atom. The van der Waals surface area contributed by atoms with E-state index in [1.54, 1.807) is 12.1 Å². The van der Waals surface area contributed by atoms with Crippen molar-refractivity contribution in [2.75, 3.05) is 19.0 Å². The van der Waals surface area contributed by atoms with Gasteiger partial charge in [0, 0.05) is 0 Å². The van der Waals surface area contributed by atoms with Crippen molar-refractivity contribution < 1.29 is 4.92 Å². The Balaban J connectivity index is 2.38. The summed E-state index contributed by atoms with van der Waals surface area (Å²) >= 11 is 0.212. The van der Waals surface area contributed by atoms with Crippen LogP contribution in [0.5, 0.6) is 0 Å². The average Bonchev–Trinajstić information content (AvgIpc) is 2.78. The molecule has 0 bridgehead atoms. The SMILES string of the molecule is CN(C)c1nc(-c2cccc([N+](=O)[O-])c2)c[se]1. The molecule has 17 heavy (non-hydrogen) atoms. The molecular formula is C11H11N3O2Se. The molecule has 2 aromatic rings. The van der Waals surface area contributed by atoms with E-state index in [-0.39, 0.29) is 25.1 Å². The number of nitro benzene ring substituents is 1. The number of nitro groups is 1. The average molecular weight is 296 g/mol. The molecule has 0 spiro atoms. The second-order valence-corrected chi connectivity index (χ2v) is 5.47. The molecule has 0 aliphatic heterocycles. The summed E-state index contributed by atoms with van der Waals surface area (Å²) in [5.41, 5.74) is 1.74. The zero-order valence-electron chi connectivity index (χ0n) is 9.45. The third-order valence-corrected chi connectivity index (χ3v) is 4.34. The summed E-state index contributed by atoms with van der Waals surface area (Å²) in [5.74, 6) is 0. The fourth-order valence-electron chi connectivity index (χ4n) is 1.38. The molecule has 0 aliphatic carbocycles. The molecule has 0 atom stereocenters. The van der Waals surface area contributed by atoms with Crippen molar-refractivity contribution in [2.45, 2.75) is 0 Å². The molecule has 5 nitrogen and oxygen atoms in total. The van der Waals surface area contributed by atoms with Crippen LogP contribution in [0.3, 0.4) is 0 Å². The van der Waals surface area contributed by atoms with Crippen LogP contribution >= 0.6 is 0 Å². The molecule has 0 saturated heterocycles. The van der Waals surface area contributed by atoms with Crippen molar-refractivity contribution in [1.82, 2.24) is 4.98 Å². The monoisotopic (exact) mass is 297 g/mol. The van der Waals surface area contributed by atoms with E-state index in [9.17, 15) is 10.1 Å². The molecule has 88 valence electrons. The summed E-state index contributed by atoms with van der Waals surface area (Å²) in [7, 11) is 3.90. The summed E-state index contributed by atoms with van der Waals surface area (Å²) in [6.45, 7) is 0. The standard InChI is InChI=1S/C11H11N3O2Se/c1-13(2)11-12-10(7-17-11)8-4-3-5-9(6-8)14(15)16/h3-7H,1-2H3. The zero-order valence-corrected chi connectivity index (χ0v) is 11.2. The normalized spacial score (nSPS) is 10.2. The second kappa shape index (κ2) is 4.69. The fourth-order valence-corrected chi connectivity index (χ4v) is 2.99. The van der Waals surface area contributed by atoms with Crippen LogP contribution < -0.4 is 4.90 Å². The van der Waals surface area contributed by atoms with Crippen molar-refractivity contribution in [3.05, 3.63) is 39.3 Å². The number of nitrogens with zero attached hydrogens (tertiary/aromatic N) is 3. The van der Waals surface area contributed by atoms with E-state index in [0.717, 1.165) is 15.9 Å². The molecule has 0 saturated carbocycles. The van der Waals surface area contributed by atoms with E-state index in [0.29, 0.717) is 0 Å². The molecule has 1 heterocycles. The van der Waals surface area contributed by atoms with Gasteiger partial charge < -0.3 is 0 Å². The molecule has 0 aliphatic rings. The predicted octanol–water partition coefficient (Wildman–Crippen LogP) is 1.78. The maximum absolute atomic E-state index is 10.7. The molecule has 0 fully saturated rings. The summed E-state index contributed by atoms with van der Waals surface area (Å²) in [6, 6.07) is 6.58. The Labute approximate surface area is 105 Å². The Morgan fingerprint density at radius 1 is 1.41 bits per heavy atom. The first kappa shape index (κ1) is 11.8. The van der Waals surface area contributed by atoms with Crippen molar-refractivity contribution in [1.29, 1.82) is 0 Å². The van der Waals surface area contributed by atoms with Gasteiger partial charge in [0.1, 0.15) is 0 Å². The summed E-state index contributed by atoms with van der Waals surface area (Å²) in [5, 5.41) is 10.7. The van der Waals surface area contributed by atoms with E-state index in [2.05, 4.69) is 4.98 Å². The minimum atomic E-state index is -0.388. The van der Waals surface area contributed by atoms with Crippen molar-refractivity contribution in [3.8, 4) is 11.3 Å². The van der Waals surface area contributed by atoms with Gasteiger partial charge in [-0.15, -0.1) is 0 Å². The second-order valence-electron chi connectivity index (χ2n) is 3.72. The van der Waals surface area contributed by atoms with Gasteiger partial charge in [-0.1, -0.05) is 0 Å². The topological polar surface area (TPSA) is 59.3 Å². The minimum absolute atomic E-state index is 0.101. The van der Waals surface area contributed by atoms with Crippen LogP contribution in [0.15, 0.2) is 29.2 Å². The first-order valence-corrected chi connectivity index (χ1v) is 6.80. The van der Waals surface area contributed by atoms with Gasteiger partial charge in [0.05, 0.1) is 0 Å². The van der Waals surface area contributed by atoms with Crippen LogP contribution in [0.25, 0.3) is 11.3 Å². The Morgan fingerprint density at radius 2 is 2.18 bits per heavy atom. The molecule has 0 N–H and O–H groups in total. The molecule has 1 aromatic carbocycles. The van der Waals surface area contributed by atoms with Gasteiger partial charge in [-0.05, 0) is 0 Å². The van der Waals surface area contributed by atoms with E-state index in [1.807, 2.05) is 30.0 Å². The van der Waals surface area contributed by atoms with Gasteiger partial charge in [-0.3, -0.25) is 0 Å². The Kier molecular flexibility index (Phi) is 3.26. The van der Waals surface area contributed by atoms with Gasteiger partial charge in [0.25, 0.3) is 0 Å². The van der Waals surface area contributed by atoms with Crippen molar-refractivity contribution >= 4 is 24.9 Å². The van der Waals surface area contributed by atoms with Crippen molar-refractivity contribution in [2.24, 2.45) is 0 Å². The molecule has 6 heteroatoms. The van der Waals surface area contributed by atoms with Crippen LogP contribution in [-0.2, 0) is 0 Å². The number of rotatable bonds is 3. The van der Waals surface area contributed by atoms with E-state index in [4.69, 9.17) is 0 Å². The molecular weight excluding hydrogens is 285 g/mol. The van der Waals surface area contributed by atoms with Gasteiger partial charge in [-0.25, -0.2) is 0 Å². The van der Waals surface area contributed by atoms with Gasteiger partial charge in [0.15, 0.2) is 0 Å². The summed E-state index contributed by atoms with van der Waals surface area (Å²) < 4.78 is 1.03. The molecule has 0 unspecified atom stereocenters. The number of aromatic nitrogens is 1. The third kappa shape index (κ3) is 2.54. The molecule has 1 aromatic heterocycles. The quantitative estimate of drug-likeness (QED) is 0.492. The fraction of sp³-hybridized carbons (Fsp3) is 0.182. The molecule has 0 radical (unpaired) electrons. The predicted molar refractivity (Wildman–Crippen MR) is 67.6 cm³/mol. The van der Waals surface area contributed by atoms with E-state index >= 15 is 0 Å². The number of non-ortho nitro benzene ring substituents is 1. The van der Waals surface area contributed by atoms with Gasteiger partial charge in [0.2, 0.25) is 0 Å². The third-order valence-electron chi connectivity index (χ3n) is 2.23. The van der Waals surface area contributed by atoms with Gasteiger partial charge in [-0.2, -0.15) is 0 Å². The van der Waals surface area contributed by atoms with Crippen LogP contribution in [0.2, 0.25) is 0 Å². The van der Waals surface area contributed by atoms with Crippen LogP contribution in [0, 0.1) is 10.1 Å². The first-order chi connectivity index (χ1) is 8.08. The summed E-state index contributed by atoms with van der Waals surface area (Å²) in [4.78, 5) is 18.8. The van der Waals surface area contributed by atoms with E-state index < -0.39 is 0 Å². The molecule has 0 amide bonds. The van der Waals surface area contributed by atoms with Gasteiger partial charge >= 0.3 is 104 Å². The van der Waals surface area contributed by atoms with Crippen LogP contribution in [-0.4, -0.2) is 38.5 Å². The van der Waals surface area contributed by atoms with Crippen LogP contribution in [0.4, 0.5) is 10.4 Å². The number of anilines is 1. The maximum atomic E-state index is 10.7. The van der Waals surface area contributed by atoms with Crippen molar-refractivity contribution in [3.63, 3.8) is 0 Å². The summed E-state index contributed by atoms with van der Waals surface area (Å²) in [6.07, 6.45) is 0. The van der Waals surface area contributed by atoms with Crippen LogP contribution in [0.1, 0.15) is 0 Å². The number of benzene rings is 1. The molecule has 2 rings (SSSR count). The Hall–Kier alpha value is -1.65.